The van der Waals surface area contributed by atoms with Gasteiger partial charge in [0.2, 0.25) is 0 Å². The smallest absolute Gasteiger partial charge is 0.125 e. The molecule has 1 N–H and O–H groups in total. The molecule has 3 nitrogen and oxygen atoms in total. The van der Waals surface area contributed by atoms with Gasteiger partial charge in [-0.25, -0.2) is 0 Å². The van der Waals surface area contributed by atoms with Crippen molar-refractivity contribution in [3.05, 3.63) is 63.6 Å². The van der Waals surface area contributed by atoms with Crippen molar-refractivity contribution in [1.29, 1.82) is 0 Å². The van der Waals surface area contributed by atoms with Crippen LogP contribution in [0.25, 0.3) is 0 Å². The van der Waals surface area contributed by atoms with E-state index in [9.17, 15) is 5.11 Å². The molecule has 21 heavy (non-hydrogen) atoms. The van der Waals surface area contributed by atoms with E-state index in [2.05, 4.69) is 15.9 Å². The van der Waals surface area contributed by atoms with Crippen LogP contribution in [0.15, 0.2) is 46.9 Å². The first-order valence-electron chi connectivity index (χ1n) is 6.79. The first-order chi connectivity index (χ1) is 10.1. The van der Waals surface area contributed by atoms with Crippen molar-refractivity contribution in [2.24, 2.45) is 0 Å². The van der Waals surface area contributed by atoms with Crippen molar-refractivity contribution in [3.8, 4) is 5.75 Å². The van der Waals surface area contributed by atoms with E-state index in [-0.39, 0.29) is 0 Å². The standard InChI is InChI=1S/C17H19BrO3/c1-12-13(7-5-8-15(12)18)17(19)14-6-3-4-9-16(14)21-11-10-20-2/h3-9,17,19H,10-11H2,1-2H3. The molecular weight excluding hydrogens is 332 g/mol. The van der Waals surface area contributed by atoms with Crippen LogP contribution in [0.2, 0.25) is 0 Å². The van der Waals surface area contributed by atoms with Crippen LogP contribution in [0.5, 0.6) is 5.75 Å². The van der Waals surface area contributed by atoms with Gasteiger partial charge in [0.25, 0.3) is 0 Å². The number of halogens is 1. The Morgan fingerprint density at radius 2 is 1.76 bits per heavy atom. The highest BCUT2D eigenvalue weighted by Crippen LogP contribution is 2.33. The third-order valence-electron chi connectivity index (χ3n) is 3.36. The summed E-state index contributed by atoms with van der Waals surface area (Å²) in [5.41, 5.74) is 2.65. The summed E-state index contributed by atoms with van der Waals surface area (Å²) in [6.07, 6.45) is -0.721. The quantitative estimate of drug-likeness (QED) is 0.803. The second-order valence-corrected chi connectivity index (χ2v) is 5.59. The lowest BCUT2D eigenvalue weighted by Crippen LogP contribution is -2.09. The Kier molecular flexibility index (Phi) is 5.79. The van der Waals surface area contributed by atoms with Crippen LogP contribution in [0.4, 0.5) is 0 Å². The maximum atomic E-state index is 10.7. The molecule has 0 radical (unpaired) electrons. The van der Waals surface area contributed by atoms with E-state index >= 15 is 0 Å². The molecule has 112 valence electrons. The monoisotopic (exact) mass is 350 g/mol. The largest absolute Gasteiger partial charge is 0.491 e. The molecule has 2 rings (SSSR count). The summed E-state index contributed by atoms with van der Waals surface area (Å²) in [6.45, 7) is 2.95. The highest BCUT2D eigenvalue weighted by atomic mass is 79.9. The van der Waals surface area contributed by atoms with Crippen molar-refractivity contribution in [2.45, 2.75) is 13.0 Å². The molecule has 0 aliphatic rings. The van der Waals surface area contributed by atoms with Crippen LogP contribution < -0.4 is 4.74 Å². The van der Waals surface area contributed by atoms with E-state index < -0.39 is 6.10 Å². The molecule has 1 atom stereocenters. The van der Waals surface area contributed by atoms with Crippen LogP contribution in [-0.2, 0) is 4.74 Å². The highest BCUT2D eigenvalue weighted by Gasteiger charge is 2.18. The molecule has 2 aromatic rings. The summed E-state index contributed by atoms with van der Waals surface area (Å²) >= 11 is 3.50. The van der Waals surface area contributed by atoms with E-state index in [1.165, 1.54) is 0 Å². The van der Waals surface area contributed by atoms with Gasteiger partial charge in [0, 0.05) is 17.1 Å². The first-order valence-corrected chi connectivity index (χ1v) is 7.58. The second-order valence-electron chi connectivity index (χ2n) is 4.74. The maximum Gasteiger partial charge on any atom is 0.125 e. The Morgan fingerprint density at radius 1 is 1.05 bits per heavy atom. The maximum absolute atomic E-state index is 10.7. The summed E-state index contributed by atoms with van der Waals surface area (Å²) in [7, 11) is 1.63. The number of rotatable bonds is 6. The molecule has 0 heterocycles. The van der Waals surface area contributed by atoms with E-state index in [4.69, 9.17) is 9.47 Å². The number of hydrogen-bond donors (Lipinski definition) is 1. The number of ether oxygens (including phenoxy) is 2. The Morgan fingerprint density at radius 3 is 2.52 bits per heavy atom. The van der Waals surface area contributed by atoms with Gasteiger partial charge in [-0.2, -0.15) is 0 Å². The van der Waals surface area contributed by atoms with Gasteiger partial charge in [-0.1, -0.05) is 46.3 Å². The molecule has 0 amide bonds. The molecule has 0 aliphatic heterocycles. The van der Waals surface area contributed by atoms with Crippen molar-refractivity contribution in [2.75, 3.05) is 20.3 Å². The minimum Gasteiger partial charge on any atom is -0.491 e. The highest BCUT2D eigenvalue weighted by molar-refractivity contribution is 9.10. The Labute approximate surface area is 133 Å². The number of aliphatic hydroxyl groups excluding tert-OH is 1. The lowest BCUT2D eigenvalue weighted by molar-refractivity contribution is 0.142. The summed E-state index contributed by atoms with van der Waals surface area (Å²) in [5, 5.41) is 10.7. The lowest BCUT2D eigenvalue weighted by Gasteiger charge is -2.18. The van der Waals surface area contributed by atoms with E-state index in [1.54, 1.807) is 7.11 Å². The fourth-order valence-corrected chi connectivity index (χ4v) is 2.54. The van der Waals surface area contributed by atoms with Crippen LogP contribution in [-0.4, -0.2) is 25.4 Å². The average molecular weight is 351 g/mol. The van der Waals surface area contributed by atoms with E-state index in [0.29, 0.717) is 19.0 Å². The number of aliphatic hydroxyl groups is 1. The van der Waals surface area contributed by atoms with Crippen molar-refractivity contribution >= 4 is 15.9 Å². The Balaban J connectivity index is 2.30. The van der Waals surface area contributed by atoms with Crippen LogP contribution in [0.1, 0.15) is 22.8 Å². The summed E-state index contributed by atoms with van der Waals surface area (Å²) in [6, 6.07) is 13.4. The zero-order valence-electron chi connectivity index (χ0n) is 12.2. The molecule has 4 heteroatoms. The Bertz CT molecular complexity index is 598. The minimum absolute atomic E-state index is 0.456. The fraction of sp³-hybridized carbons (Fsp3) is 0.294. The topological polar surface area (TPSA) is 38.7 Å². The van der Waals surface area contributed by atoms with Gasteiger partial charge in [0.05, 0.1) is 6.61 Å². The number of hydrogen-bond acceptors (Lipinski definition) is 3. The molecule has 0 aliphatic carbocycles. The molecule has 0 aromatic heterocycles. The van der Waals surface area contributed by atoms with E-state index in [0.717, 1.165) is 21.2 Å². The van der Waals surface area contributed by atoms with Crippen molar-refractivity contribution in [1.82, 2.24) is 0 Å². The SMILES string of the molecule is COCCOc1ccccc1C(O)c1cccc(Br)c1C. The zero-order chi connectivity index (χ0) is 15.2. The van der Waals surface area contributed by atoms with Crippen LogP contribution >= 0.6 is 15.9 Å². The second kappa shape index (κ2) is 7.59. The lowest BCUT2D eigenvalue weighted by atomic mass is 9.97. The summed E-state index contributed by atoms with van der Waals surface area (Å²) < 4.78 is 11.7. The van der Waals surface area contributed by atoms with Gasteiger partial charge in [-0.15, -0.1) is 0 Å². The van der Waals surface area contributed by atoms with Gasteiger partial charge in [-0.3, -0.25) is 0 Å². The van der Waals surface area contributed by atoms with Gasteiger partial charge < -0.3 is 14.6 Å². The third kappa shape index (κ3) is 3.84. The van der Waals surface area contributed by atoms with Crippen LogP contribution in [0, 0.1) is 6.92 Å². The summed E-state index contributed by atoms with van der Waals surface area (Å²) in [5.74, 6) is 0.682. The normalized spacial score (nSPS) is 12.2. The number of methoxy groups -OCH3 is 1. The predicted molar refractivity (Wildman–Crippen MR) is 86.8 cm³/mol. The molecule has 0 spiro atoms. The number of para-hydroxylation sites is 1. The molecular formula is C17H19BrO3. The number of benzene rings is 2. The predicted octanol–water partition coefficient (Wildman–Crippen LogP) is 3.86. The fourth-order valence-electron chi connectivity index (χ4n) is 2.16. The molecule has 0 saturated carbocycles. The minimum atomic E-state index is -0.721. The van der Waals surface area contributed by atoms with E-state index in [1.807, 2.05) is 49.4 Å². The molecule has 0 saturated heterocycles. The summed E-state index contributed by atoms with van der Waals surface area (Å²) in [4.78, 5) is 0. The van der Waals surface area contributed by atoms with Crippen molar-refractivity contribution < 1.29 is 14.6 Å². The molecule has 2 aromatic carbocycles. The van der Waals surface area contributed by atoms with Gasteiger partial charge >= 0.3 is 0 Å². The van der Waals surface area contributed by atoms with Gasteiger partial charge in [0.15, 0.2) is 0 Å². The Hall–Kier alpha value is -1.36. The molecule has 0 bridgehead atoms. The van der Waals surface area contributed by atoms with Crippen LogP contribution in [0.3, 0.4) is 0 Å². The molecule has 0 fully saturated rings. The molecule has 1 unspecified atom stereocenters. The average Bonchev–Trinajstić information content (AvgIpc) is 2.50. The third-order valence-corrected chi connectivity index (χ3v) is 4.22. The van der Waals surface area contributed by atoms with Gasteiger partial charge in [0.1, 0.15) is 18.5 Å². The first kappa shape index (κ1) is 16.0. The van der Waals surface area contributed by atoms with Crippen molar-refractivity contribution in [3.63, 3.8) is 0 Å². The van der Waals surface area contributed by atoms with Gasteiger partial charge in [-0.05, 0) is 30.2 Å². The zero-order valence-corrected chi connectivity index (χ0v) is 13.8.